The minimum Gasteiger partial charge on any atom is -0.508 e. The first-order valence-electron chi connectivity index (χ1n) is 6.99. The number of halogens is 1. The molecule has 0 bridgehead atoms. The van der Waals surface area contributed by atoms with Crippen molar-refractivity contribution >= 4 is 17.5 Å². The fourth-order valence-corrected chi connectivity index (χ4v) is 2.78. The van der Waals surface area contributed by atoms with Crippen molar-refractivity contribution in [1.82, 2.24) is 9.80 Å². The predicted molar refractivity (Wildman–Crippen MR) is 80.5 cm³/mol. The van der Waals surface area contributed by atoms with Crippen molar-refractivity contribution in [2.45, 2.75) is 13.3 Å². The largest absolute Gasteiger partial charge is 0.508 e. The molecular weight excluding hydrogens is 276 g/mol. The smallest absolute Gasteiger partial charge is 0.254 e. The number of carbonyl (C=O) groups is 1. The number of phenols is 1. The number of alkyl halides is 1. The van der Waals surface area contributed by atoms with E-state index in [4.69, 9.17) is 11.6 Å². The Labute approximate surface area is 124 Å². The van der Waals surface area contributed by atoms with Crippen molar-refractivity contribution in [3.63, 3.8) is 0 Å². The Morgan fingerprint density at radius 2 is 2.10 bits per heavy atom. The Hall–Kier alpha value is -1.26. The van der Waals surface area contributed by atoms with E-state index in [1.807, 2.05) is 4.90 Å². The summed E-state index contributed by atoms with van der Waals surface area (Å²) in [7, 11) is 0. The first-order chi connectivity index (χ1) is 9.63. The van der Waals surface area contributed by atoms with Gasteiger partial charge < -0.3 is 14.9 Å². The normalized spacial score (nSPS) is 17.0. The third-order valence-electron chi connectivity index (χ3n) is 3.81. The molecule has 1 aromatic rings. The molecule has 0 radical (unpaired) electrons. The number of hydrogen-bond donors (Lipinski definition) is 1. The van der Waals surface area contributed by atoms with Crippen molar-refractivity contribution in [2.24, 2.45) is 0 Å². The molecule has 2 rings (SSSR count). The topological polar surface area (TPSA) is 43.8 Å². The van der Waals surface area contributed by atoms with Gasteiger partial charge in [0, 0.05) is 43.2 Å². The summed E-state index contributed by atoms with van der Waals surface area (Å²) in [5.74, 6) is 0.806. The van der Waals surface area contributed by atoms with E-state index in [1.54, 1.807) is 25.1 Å². The van der Waals surface area contributed by atoms with Crippen molar-refractivity contribution in [3.8, 4) is 5.75 Å². The summed E-state index contributed by atoms with van der Waals surface area (Å²) >= 11 is 5.77. The molecule has 1 fully saturated rings. The van der Waals surface area contributed by atoms with E-state index < -0.39 is 0 Å². The zero-order valence-corrected chi connectivity index (χ0v) is 12.6. The molecule has 0 aliphatic carbocycles. The van der Waals surface area contributed by atoms with Gasteiger partial charge in [0.05, 0.1) is 0 Å². The third-order valence-corrected chi connectivity index (χ3v) is 3.98. The third kappa shape index (κ3) is 3.44. The van der Waals surface area contributed by atoms with Crippen LogP contribution in [0.3, 0.4) is 0 Å². The van der Waals surface area contributed by atoms with Gasteiger partial charge in [-0.1, -0.05) is 6.07 Å². The average Bonchev–Trinajstić information content (AvgIpc) is 2.67. The fourth-order valence-electron chi connectivity index (χ4n) is 2.54. The van der Waals surface area contributed by atoms with Gasteiger partial charge in [-0.2, -0.15) is 0 Å². The molecule has 1 aromatic carbocycles. The fraction of sp³-hybridized carbons (Fsp3) is 0.533. The zero-order chi connectivity index (χ0) is 14.5. The highest BCUT2D eigenvalue weighted by molar-refractivity contribution is 6.18. The van der Waals surface area contributed by atoms with E-state index in [2.05, 4.69) is 4.90 Å². The quantitative estimate of drug-likeness (QED) is 0.869. The van der Waals surface area contributed by atoms with E-state index in [0.717, 1.165) is 32.6 Å². The van der Waals surface area contributed by atoms with E-state index in [-0.39, 0.29) is 11.7 Å². The maximum Gasteiger partial charge on any atom is 0.254 e. The predicted octanol–water partition coefficient (Wildman–Crippen LogP) is 2.09. The molecule has 0 unspecified atom stereocenters. The molecule has 1 aliphatic rings. The molecule has 0 aromatic heterocycles. The lowest BCUT2D eigenvalue weighted by atomic mass is 10.1. The average molecular weight is 297 g/mol. The molecule has 0 atom stereocenters. The molecule has 1 amide bonds. The van der Waals surface area contributed by atoms with Crippen LogP contribution >= 0.6 is 11.6 Å². The molecule has 0 spiro atoms. The second-order valence-electron chi connectivity index (χ2n) is 5.13. The van der Waals surface area contributed by atoms with Gasteiger partial charge in [-0.05, 0) is 32.0 Å². The lowest BCUT2D eigenvalue weighted by molar-refractivity contribution is 0.0760. The van der Waals surface area contributed by atoms with Crippen molar-refractivity contribution < 1.29 is 9.90 Å². The van der Waals surface area contributed by atoms with Crippen molar-refractivity contribution in [1.29, 1.82) is 0 Å². The zero-order valence-electron chi connectivity index (χ0n) is 11.8. The van der Waals surface area contributed by atoms with Crippen LogP contribution in [0.15, 0.2) is 18.2 Å². The molecule has 4 nitrogen and oxygen atoms in total. The first-order valence-corrected chi connectivity index (χ1v) is 7.53. The highest BCUT2D eigenvalue weighted by Crippen LogP contribution is 2.21. The van der Waals surface area contributed by atoms with Gasteiger partial charge in [0.1, 0.15) is 5.75 Å². The number of phenolic OH excluding ortho intramolecular Hbond substituents is 1. The lowest BCUT2D eigenvalue weighted by Gasteiger charge is -2.22. The van der Waals surface area contributed by atoms with Crippen LogP contribution in [-0.2, 0) is 0 Å². The molecule has 110 valence electrons. The second-order valence-corrected chi connectivity index (χ2v) is 5.50. The number of hydrogen-bond acceptors (Lipinski definition) is 3. The summed E-state index contributed by atoms with van der Waals surface area (Å²) in [4.78, 5) is 16.7. The van der Waals surface area contributed by atoms with Crippen molar-refractivity contribution in [2.75, 3.05) is 38.6 Å². The van der Waals surface area contributed by atoms with Crippen LogP contribution in [0.1, 0.15) is 22.3 Å². The summed E-state index contributed by atoms with van der Waals surface area (Å²) in [6, 6.07) is 5.10. The van der Waals surface area contributed by atoms with Gasteiger partial charge in [0.2, 0.25) is 0 Å². The maximum atomic E-state index is 12.6. The second kappa shape index (κ2) is 6.95. The van der Waals surface area contributed by atoms with Crippen LogP contribution in [0, 0.1) is 6.92 Å². The number of benzene rings is 1. The Morgan fingerprint density at radius 3 is 2.85 bits per heavy atom. The van der Waals surface area contributed by atoms with E-state index in [0.29, 0.717) is 23.6 Å². The highest BCUT2D eigenvalue weighted by atomic mass is 35.5. The summed E-state index contributed by atoms with van der Waals surface area (Å²) in [6.45, 7) is 5.96. The van der Waals surface area contributed by atoms with Crippen LogP contribution < -0.4 is 0 Å². The molecule has 1 heterocycles. The Morgan fingerprint density at radius 1 is 1.30 bits per heavy atom. The molecule has 1 saturated heterocycles. The standard InChI is InChI=1S/C15H21ClN2O2/c1-12-13(4-2-5-14(12)19)15(20)18-8-3-7-17(9-6-16)10-11-18/h2,4-5,19H,3,6-11H2,1H3. The van der Waals surface area contributed by atoms with Crippen LogP contribution in [-0.4, -0.2) is 59.4 Å². The van der Waals surface area contributed by atoms with Crippen LogP contribution in [0.4, 0.5) is 0 Å². The number of rotatable bonds is 3. The minimum absolute atomic E-state index is 0.00567. The summed E-state index contributed by atoms with van der Waals surface area (Å²) < 4.78 is 0. The highest BCUT2D eigenvalue weighted by Gasteiger charge is 2.21. The molecule has 1 aliphatic heterocycles. The van der Waals surface area contributed by atoms with Gasteiger partial charge >= 0.3 is 0 Å². The molecule has 0 saturated carbocycles. The summed E-state index contributed by atoms with van der Waals surface area (Å²) in [5, 5.41) is 9.72. The summed E-state index contributed by atoms with van der Waals surface area (Å²) in [6.07, 6.45) is 0.959. The van der Waals surface area contributed by atoms with Gasteiger partial charge in [-0.25, -0.2) is 0 Å². The Kier molecular flexibility index (Phi) is 5.26. The van der Waals surface area contributed by atoms with Crippen LogP contribution in [0.5, 0.6) is 5.75 Å². The summed E-state index contributed by atoms with van der Waals surface area (Å²) in [5.41, 5.74) is 1.25. The molecule has 1 N–H and O–H groups in total. The monoisotopic (exact) mass is 296 g/mol. The van der Waals surface area contributed by atoms with E-state index in [1.165, 1.54) is 0 Å². The number of amides is 1. The first kappa shape index (κ1) is 15.1. The Bertz CT molecular complexity index is 479. The molecular formula is C15H21ClN2O2. The SMILES string of the molecule is Cc1c(O)cccc1C(=O)N1CCCN(CCCl)CC1. The lowest BCUT2D eigenvalue weighted by Crippen LogP contribution is -2.36. The van der Waals surface area contributed by atoms with Crippen molar-refractivity contribution in [3.05, 3.63) is 29.3 Å². The number of aromatic hydroxyl groups is 1. The number of nitrogens with zero attached hydrogens (tertiary/aromatic N) is 2. The van der Waals surface area contributed by atoms with Gasteiger partial charge in [0.15, 0.2) is 0 Å². The Balaban J connectivity index is 2.07. The molecule has 5 heteroatoms. The van der Waals surface area contributed by atoms with Crippen LogP contribution in [0.25, 0.3) is 0 Å². The minimum atomic E-state index is 0.00567. The van der Waals surface area contributed by atoms with Gasteiger partial charge in [-0.3, -0.25) is 4.79 Å². The maximum absolute atomic E-state index is 12.6. The van der Waals surface area contributed by atoms with E-state index in [9.17, 15) is 9.90 Å². The number of carbonyl (C=O) groups excluding carboxylic acids is 1. The molecule has 20 heavy (non-hydrogen) atoms. The van der Waals surface area contributed by atoms with Gasteiger partial charge in [0.25, 0.3) is 5.91 Å². The van der Waals surface area contributed by atoms with E-state index >= 15 is 0 Å². The van der Waals surface area contributed by atoms with Gasteiger partial charge in [-0.15, -0.1) is 11.6 Å². The van der Waals surface area contributed by atoms with Crippen LogP contribution in [0.2, 0.25) is 0 Å².